The number of phenols is 1. The molecule has 7 aliphatic rings. The Hall–Kier alpha value is -2.63. The van der Waals surface area contributed by atoms with Gasteiger partial charge in [-0.25, -0.2) is 0 Å². The van der Waals surface area contributed by atoms with Gasteiger partial charge in [0.15, 0.2) is 5.78 Å². The van der Waals surface area contributed by atoms with E-state index in [-0.39, 0.29) is 40.4 Å². The quantitative estimate of drug-likeness (QED) is 0.321. The van der Waals surface area contributed by atoms with Gasteiger partial charge in [-0.15, -0.1) is 0 Å². The zero-order valence-corrected chi connectivity index (χ0v) is 30.7. The van der Waals surface area contributed by atoms with Gasteiger partial charge in [-0.1, -0.05) is 46.3 Å². The predicted octanol–water partition coefficient (Wildman–Crippen LogP) is 9.41. The molecule has 11 atom stereocenters. The number of carbonyl (C=O) groups is 3. The van der Waals surface area contributed by atoms with Crippen molar-refractivity contribution in [1.29, 1.82) is 0 Å². The molecular weight excluding hydrogens is 612 g/mol. The van der Waals surface area contributed by atoms with Crippen molar-refractivity contribution in [3.05, 3.63) is 41.0 Å². The molecule has 0 spiro atoms. The first-order valence-electron chi connectivity index (χ1n) is 19.9. The molecule has 1 aromatic carbocycles. The lowest BCUT2D eigenvalue weighted by Crippen LogP contribution is -2.51. The van der Waals surface area contributed by atoms with Crippen LogP contribution in [-0.2, 0) is 30.3 Å². The van der Waals surface area contributed by atoms with Crippen molar-refractivity contribution in [3.63, 3.8) is 0 Å². The van der Waals surface area contributed by atoms with E-state index in [2.05, 4.69) is 26.8 Å². The maximum atomic E-state index is 11.9. The highest BCUT2D eigenvalue weighted by molar-refractivity contribution is 5.91. The number of fused-ring (bicyclic) bond motifs is 10. The topological polar surface area (TPSA) is 89.9 Å². The summed E-state index contributed by atoms with van der Waals surface area (Å²) in [5.41, 5.74) is 4.78. The Kier molecular flexibility index (Phi) is 9.35. The molecule has 0 heterocycles. The number of benzene rings is 1. The molecule has 7 aliphatic carbocycles. The summed E-state index contributed by atoms with van der Waals surface area (Å²) in [7, 11) is 0. The van der Waals surface area contributed by atoms with Crippen molar-refractivity contribution in [3.8, 4) is 5.75 Å². The second kappa shape index (κ2) is 13.2. The third kappa shape index (κ3) is 5.89. The zero-order valence-electron chi connectivity index (χ0n) is 30.7. The average Bonchev–Trinajstić information content (AvgIpc) is 3.60. The molecule has 49 heavy (non-hydrogen) atoms. The van der Waals surface area contributed by atoms with Crippen molar-refractivity contribution >= 4 is 17.7 Å². The van der Waals surface area contributed by atoms with Crippen molar-refractivity contribution in [2.45, 2.75) is 155 Å². The summed E-state index contributed by atoms with van der Waals surface area (Å²) in [6.45, 7) is 10.9. The molecule has 5 saturated carbocycles. The third-order valence-electron chi connectivity index (χ3n) is 15.6. The minimum Gasteiger partial charge on any atom is -0.508 e. The Morgan fingerprint density at radius 3 is 2.00 bits per heavy atom. The smallest absolute Gasteiger partial charge is 0.305 e. The number of hydrogen-bond acceptors (Lipinski definition) is 6. The number of phenolic OH excluding ortho intramolecular Hbond substituents is 1. The van der Waals surface area contributed by atoms with E-state index in [1.165, 1.54) is 55.2 Å². The van der Waals surface area contributed by atoms with Gasteiger partial charge in [0.05, 0.1) is 0 Å². The first-order valence-corrected chi connectivity index (χ1v) is 19.9. The lowest BCUT2D eigenvalue weighted by Gasteiger charge is -2.57. The van der Waals surface area contributed by atoms with Crippen LogP contribution in [0.1, 0.15) is 148 Å². The van der Waals surface area contributed by atoms with E-state index in [1.54, 1.807) is 0 Å². The second-order valence-corrected chi connectivity index (χ2v) is 17.7. The fourth-order valence-corrected chi connectivity index (χ4v) is 12.9. The van der Waals surface area contributed by atoms with E-state index < -0.39 is 0 Å². The Morgan fingerprint density at radius 2 is 1.35 bits per heavy atom. The second-order valence-electron chi connectivity index (χ2n) is 17.7. The molecule has 11 unspecified atom stereocenters. The molecule has 0 saturated heterocycles. The van der Waals surface area contributed by atoms with Crippen LogP contribution in [0.2, 0.25) is 0 Å². The van der Waals surface area contributed by atoms with E-state index >= 15 is 0 Å². The predicted molar refractivity (Wildman–Crippen MR) is 190 cm³/mol. The van der Waals surface area contributed by atoms with Gasteiger partial charge in [0.2, 0.25) is 0 Å². The summed E-state index contributed by atoms with van der Waals surface area (Å²) in [4.78, 5) is 35.6. The van der Waals surface area contributed by atoms with Crippen molar-refractivity contribution in [1.82, 2.24) is 0 Å². The third-order valence-corrected chi connectivity index (χ3v) is 15.6. The van der Waals surface area contributed by atoms with E-state index in [0.29, 0.717) is 54.0 Å². The Morgan fingerprint density at radius 1 is 0.735 bits per heavy atom. The molecule has 5 fully saturated rings. The van der Waals surface area contributed by atoms with Crippen LogP contribution in [0.3, 0.4) is 0 Å². The van der Waals surface area contributed by atoms with Crippen LogP contribution in [0.4, 0.5) is 0 Å². The van der Waals surface area contributed by atoms with Crippen LogP contribution in [0, 0.1) is 45.8 Å². The van der Waals surface area contributed by atoms with Crippen molar-refractivity contribution in [2.24, 2.45) is 45.8 Å². The van der Waals surface area contributed by atoms with Gasteiger partial charge in [0.25, 0.3) is 0 Å². The lowest BCUT2D eigenvalue weighted by atomic mass is 9.47. The summed E-state index contributed by atoms with van der Waals surface area (Å²) in [5.74, 6) is 4.73. The first-order chi connectivity index (χ1) is 23.4. The average molecular weight is 673 g/mol. The highest BCUT2D eigenvalue weighted by atomic mass is 16.5. The molecule has 6 heteroatoms. The maximum Gasteiger partial charge on any atom is 0.305 e. The molecule has 0 aromatic heterocycles. The number of esters is 2. The van der Waals surface area contributed by atoms with E-state index in [4.69, 9.17) is 9.47 Å². The largest absolute Gasteiger partial charge is 0.508 e. The molecule has 0 amide bonds. The van der Waals surface area contributed by atoms with Crippen LogP contribution >= 0.6 is 0 Å². The van der Waals surface area contributed by atoms with Crippen molar-refractivity contribution in [2.75, 3.05) is 0 Å². The standard InChI is InChI=1S/C22H32O3.C21H28O3/c1-4-20(24)25-19-8-7-17-16-6-5-14-13-15(23)9-11-21(14,2)18(16)10-12-22(17,19)3;1-3-20(23)24-19-9-8-18-17-6-4-13-12-14(22)5-7-15(13)16(17)10-11-21(18,19)2/h13,16-19H,4-12H2,1-3H3;5,7,12,16-19,22H,3-4,6,8-11H2,1-2H3. The molecule has 6 nitrogen and oxygen atoms in total. The highest BCUT2D eigenvalue weighted by Crippen LogP contribution is 2.66. The number of ketones is 1. The normalized spacial score (nSPS) is 41.7. The summed E-state index contributed by atoms with van der Waals surface area (Å²) < 4.78 is 11.7. The van der Waals surface area contributed by atoms with Gasteiger partial charge in [-0.3, -0.25) is 14.4 Å². The number of hydrogen-bond donors (Lipinski definition) is 1. The number of carbonyl (C=O) groups excluding carboxylic acids is 3. The monoisotopic (exact) mass is 672 g/mol. The number of rotatable bonds is 4. The summed E-state index contributed by atoms with van der Waals surface area (Å²) in [5, 5.41) is 9.77. The minimum atomic E-state index is -0.0477. The van der Waals surface area contributed by atoms with Crippen LogP contribution in [0.5, 0.6) is 5.75 Å². The number of aromatic hydroxyl groups is 1. The Balaban J connectivity index is 0.000000154. The van der Waals surface area contributed by atoms with Crippen LogP contribution in [0.25, 0.3) is 0 Å². The van der Waals surface area contributed by atoms with E-state index in [1.807, 2.05) is 32.1 Å². The van der Waals surface area contributed by atoms with Gasteiger partial charge in [0, 0.05) is 30.1 Å². The minimum absolute atomic E-state index is 0.0411. The van der Waals surface area contributed by atoms with Gasteiger partial charge in [-0.05, 0) is 154 Å². The van der Waals surface area contributed by atoms with Crippen LogP contribution < -0.4 is 0 Å². The van der Waals surface area contributed by atoms with Crippen molar-refractivity contribution < 1.29 is 29.0 Å². The molecular formula is C43H60O6. The first kappa shape index (κ1) is 34.8. The van der Waals surface area contributed by atoms with Gasteiger partial charge >= 0.3 is 11.9 Å². The lowest BCUT2D eigenvalue weighted by molar-refractivity contribution is -0.159. The Labute approximate surface area is 294 Å². The number of allylic oxidation sites excluding steroid dienone is 1. The molecule has 268 valence electrons. The molecule has 0 aliphatic heterocycles. The zero-order chi connectivity index (χ0) is 34.7. The molecule has 0 radical (unpaired) electrons. The summed E-state index contributed by atoms with van der Waals surface area (Å²) in [6, 6.07) is 5.95. The van der Waals surface area contributed by atoms with E-state index in [9.17, 15) is 19.5 Å². The summed E-state index contributed by atoms with van der Waals surface area (Å²) >= 11 is 0. The maximum absolute atomic E-state index is 11.9. The SMILES string of the molecule is CCC(=O)OC1CCC2C3CCC4=CC(=O)CCC4(C)C3CCC12C.CCC(=O)OC1CCC2C3CCc4cc(O)ccc4C3CCC12C. The van der Waals surface area contributed by atoms with Crippen LogP contribution in [0.15, 0.2) is 29.8 Å². The fraction of sp³-hybridized carbons (Fsp3) is 0.744. The fourth-order valence-electron chi connectivity index (χ4n) is 12.9. The molecule has 1 N–H and O–H groups in total. The van der Waals surface area contributed by atoms with Gasteiger partial charge in [-0.2, -0.15) is 0 Å². The number of ether oxygens (including phenoxy) is 2. The summed E-state index contributed by atoms with van der Waals surface area (Å²) in [6.07, 6.45) is 18.6. The van der Waals surface area contributed by atoms with Gasteiger partial charge in [0.1, 0.15) is 18.0 Å². The Bertz CT molecular complexity index is 1490. The number of aryl methyl sites for hydroxylation is 1. The molecule has 1 aromatic rings. The molecule has 8 rings (SSSR count). The van der Waals surface area contributed by atoms with Crippen LogP contribution in [-0.4, -0.2) is 35.0 Å². The molecule has 0 bridgehead atoms. The van der Waals surface area contributed by atoms with E-state index in [0.717, 1.165) is 57.3 Å². The van der Waals surface area contributed by atoms with Gasteiger partial charge < -0.3 is 14.6 Å². The highest BCUT2D eigenvalue weighted by Gasteiger charge is 2.60.